The van der Waals surface area contributed by atoms with E-state index in [4.69, 9.17) is 16.1 Å². The van der Waals surface area contributed by atoms with Crippen molar-refractivity contribution >= 4 is 27.5 Å². The highest BCUT2D eigenvalue weighted by Crippen LogP contribution is 2.49. The summed E-state index contributed by atoms with van der Waals surface area (Å²) < 4.78 is 54.5. The number of aromatic nitrogens is 2. The molecule has 248 valence electrons. The molecule has 5 heterocycles. The Morgan fingerprint density at radius 2 is 1.73 bits per heavy atom. The number of nitrogens with one attached hydrogen (secondary N) is 1. The number of fused-ring (bicyclic) bond motifs is 7. The van der Waals surface area contributed by atoms with Crippen LogP contribution >= 0.6 is 0 Å². The summed E-state index contributed by atoms with van der Waals surface area (Å²) in [6, 6.07) is 7.70. The van der Waals surface area contributed by atoms with E-state index in [1.807, 2.05) is 0 Å². The van der Waals surface area contributed by atoms with Crippen LogP contribution in [0.3, 0.4) is 0 Å². The quantitative estimate of drug-likeness (QED) is 0.220. The summed E-state index contributed by atoms with van der Waals surface area (Å²) in [5, 5.41) is 14.9. The number of anilines is 1. The summed E-state index contributed by atoms with van der Waals surface area (Å²) in [4.78, 5) is 14.1. The summed E-state index contributed by atoms with van der Waals surface area (Å²) in [6.07, 6.45) is 15.1. The van der Waals surface area contributed by atoms with Gasteiger partial charge in [0.15, 0.2) is 5.82 Å². The number of aromatic hydroxyl groups is 1. The molecule has 2 saturated carbocycles. The van der Waals surface area contributed by atoms with Crippen molar-refractivity contribution in [3.63, 3.8) is 0 Å². The molecule has 4 aromatic rings. The van der Waals surface area contributed by atoms with Crippen molar-refractivity contribution in [2.45, 2.75) is 69.5 Å². The first-order chi connectivity index (χ1) is 23.3. The van der Waals surface area contributed by atoms with Crippen LogP contribution in [0.4, 0.5) is 19.0 Å². The predicted octanol–water partition coefficient (Wildman–Crippen LogP) is 6.53. The Kier molecular flexibility index (Phi) is 7.03. The number of rotatable bonds is 7. The van der Waals surface area contributed by atoms with E-state index in [0.717, 1.165) is 44.7 Å². The molecule has 4 aliphatic heterocycles. The molecule has 10 rings (SSSR count). The average Bonchev–Trinajstić information content (AvgIpc) is 3.77. The number of ether oxygens (including phenoxy) is 1. The molecule has 0 radical (unpaired) electrons. The number of nitrogens with zero attached hydrogens (tertiary/aromatic N) is 4. The summed E-state index contributed by atoms with van der Waals surface area (Å²) >= 11 is 0. The van der Waals surface area contributed by atoms with Crippen LogP contribution in [0.25, 0.3) is 32.8 Å². The van der Waals surface area contributed by atoms with Crippen molar-refractivity contribution in [3.8, 4) is 35.2 Å². The molecule has 1 aromatic heterocycles. The molecule has 2 aliphatic carbocycles. The second-order valence-electron chi connectivity index (χ2n) is 14.9. The Balaban J connectivity index is 1.14. The van der Waals surface area contributed by atoms with Crippen LogP contribution in [-0.2, 0) is 0 Å². The van der Waals surface area contributed by atoms with Gasteiger partial charge in [-0.1, -0.05) is 12.0 Å². The fourth-order valence-electron chi connectivity index (χ4n) is 8.99. The van der Waals surface area contributed by atoms with Gasteiger partial charge in [0, 0.05) is 66.1 Å². The summed E-state index contributed by atoms with van der Waals surface area (Å²) in [7, 11) is 0. The van der Waals surface area contributed by atoms with Crippen LogP contribution in [0.15, 0.2) is 30.3 Å². The van der Waals surface area contributed by atoms with Gasteiger partial charge in [0.05, 0.1) is 17.7 Å². The molecule has 2 atom stereocenters. The Hall–Kier alpha value is -4.07. The highest BCUT2D eigenvalue weighted by Gasteiger charge is 2.48. The average molecular weight is 654 g/mol. The van der Waals surface area contributed by atoms with Crippen molar-refractivity contribution in [2.75, 3.05) is 37.7 Å². The van der Waals surface area contributed by atoms with Gasteiger partial charge >= 0.3 is 6.01 Å². The molecule has 4 saturated heterocycles. The lowest BCUT2D eigenvalue weighted by Crippen LogP contribution is -2.51. The largest absolute Gasteiger partial charge is 0.508 e. The minimum absolute atomic E-state index is 0.0206. The SMILES string of the molecule is C#Cc1c(F)ccc2cc(O)cc(-c3c(F)cc4c(N5CC6CCC(C5)N6)nc(OCC5(CN6CC7CCC6CC7)CC5)nc4c3F)c12. The van der Waals surface area contributed by atoms with Crippen molar-refractivity contribution < 1.29 is 23.0 Å². The first-order valence-corrected chi connectivity index (χ1v) is 17.3. The number of phenols is 1. The van der Waals surface area contributed by atoms with Gasteiger partial charge in [-0.15, -0.1) is 6.42 Å². The number of benzene rings is 3. The third-order valence-electron chi connectivity index (χ3n) is 11.7. The van der Waals surface area contributed by atoms with E-state index in [-0.39, 0.29) is 56.7 Å². The molecule has 0 spiro atoms. The molecule has 2 N–H and O–H groups in total. The Morgan fingerprint density at radius 3 is 2.42 bits per heavy atom. The number of hydrogen-bond donors (Lipinski definition) is 2. The standard InChI is InChI=1S/C38H38F3N5O2/c1-2-27-30(39)10-5-22-13-26(47)14-28(32(22)27)33-31(40)15-29-35(34(33)41)43-37(44-36(29)45-17-23-6-7-24(18-45)42-23)48-20-38(11-12-38)19-46-16-21-3-8-25(46)9-4-21/h1,5,10,13-15,21,23-25,42,47H,3-4,6-9,11-12,16-20H2. The highest BCUT2D eigenvalue weighted by atomic mass is 19.1. The molecule has 7 nitrogen and oxygen atoms in total. The molecule has 6 fully saturated rings. The number of terminal acetylenes is 1. The van der Waals surface area contributed by atoms with E-state index in [9.17, 15) is 9.50 Å². The third-order valence-corrected chi connectivity index (χ3v) is 11.7. The normalized spacial score (nSPS) is 25.9. The lowest BCUT2D eigenvalue weighted by Gasteiger charge is -2.46. The second kappa shape index (κ2) is 11.2. The maximum Gasteiger partial charge on any atom is 0.319 e. The molecule has 0 amide bonds. The van der Waals surface area contributed by atoms with Gasteiger partial charge in [-0.25, -0.2) is 13.2 Å². The first-order valence-electron chi connectivity index (χ1n) is 17.3. The van der Waals surface area contributed by atoms with Gasteiger partial charge < -0.3 is 20.1 Å². The van der Waals surface area contributed by atoms with E-state index in [1.54, 1.807) is 0 Å². The van der Waals surface area contributed by atoms with Gasteiger partial charge in [0.2, 0.25) is 0 Å². The van der Waals surface area contributed by atoms with Crippen molar-refractivity contribution in [2.24, 2.45) is 11.3 Å². The molecular weight excluding hydrogens is 615 g/mol. The van der Waals surface area contributed by atoms with Gasteiger partial charge in [-0.3, -0.25) is 4.90 Å². The third kappa shape index (κ3) is 5.05. The summed E-state index contributed by atoms with van der Waals surface area (Å²) in [5.74, 6) is 0.806. The molecule has 3 aromatic carbocycles. The minimum Gasteiger partial charge on any atom is -0.508 e. The lowest BCUT2D eigenvalue weighted by atomic mass is 9.79. The topological polar surface area (TPSA) is 73.8 Å². The van der Waals surface area contributed by atoms with E-state index >= 15 is 8.78 Å². The summed E-state index contributed by atoms with van der Waals surface area (Å²) in [5.41, 5.74) is -0.704. The van der Waals surface area contributed by atoms with Crippen LogP contribution in [0.1, 0.15) is 56.9 Å². The van der Waals surface area contributed by atoms with Gasteiger partial charge in [0.25, 0.3) is 0 Å². The zero-order valence-electron chi connectivity index (χ0n) is 26.7. The van der Waals surface area contributed by atoms with E-state index in [2.05, 4.69) is 26.0 Å². The zero-order valence-corrected chi connectivity index (χ0v) is 26.7. The number of phenolic OH excluding ortho intramolecular Hbond substituents is 1. The number of halogens is 3. The minimum atomic E-state index is -0.943. The lowest BCUT2D eigenvalue weighted by molar-refractivity contribution is 0.0238. The molecule has 4 bridgehead atoms. The van der Waals surface area contributed by atoms with Crippen LogP contribution in [-0.4, -0.2) is 70.9 Å². The second-order valence-corrected chi connectivity index (χ2v) is 14.9. The number of piperazine rings is 1. The van der Waals surface area contributed by atoms with E-state index in [1.165, 1.54) is 56.0 Å². The van der Waals surface area contributed by atoms with Crippen LogP contribution in [0.5, 0.6) is 11.8 Å². The van der Waals surface area contributed by atoms with Crippen LogP contribution in [0, 0.1) is 41.1 Å². The van der Waals surface area contributed by atoms with Gasteiger partial charge in [-0.2, -0.15) is 9.97 Å². The number of hydrogen-bond acceptors (Lipinski definition) is 7. The smallest absolute Gasteiger partial charge is 0.319 e. The molecule has 10 heteroatoms. The molecular formula is C38H38F3N5O2. The Bertz CT molecular complexity index is 1990. The molecule has 2 unspecified atom stereocenters. The molecule has 6 aliphatic rings. The van der Waals surface area contributed by atoms with Crippen molar-refractivity contribution in [1.82, 2.24) is 20.2 Å². The van der Waals surface area contributed by atoms with Crippen LogP contribution < -0.4 is 15.0 Å². The highest BCUT2D eigenvalue weighted by molar-refractivity contribution is 6.04. The fourth-order valence-corrected chi connectivity index (χ4v) is 8.99. The Labute approximate surface area is 277 Å². The predicted molar refractivity (Wildman–Crippen MR) is 179 cm³/mol. The maximum absolute atomic E-state index is 16.9. The van der Waals surface area contributed by atoms with Crippen molar-refractivity contribution in [1.29, 1.82) is 0 Å². The monoisotopic (exact) mass is 653 g/mol. The number of piperidine rings is 2. The van der Waals surface area contributed by atoms with E-state index < -0.39 is 23.0 Å². The van der Waals surface area contributed by atoms with Crippen molar-refractivity contribution in [3.05, 3.63) is 53.3 Å². The van der Waals surface area contributed by atoms with Gasteiger partial charge in [0.1, 0.15) is 28.7 Å². The summed E-state index contributed by atoms with van der Waals surface area (Å²) in [6.45, 7) is 3.87. The Morgan fingerprint density at radius 1 is 0.958 bits per heavy atom. The van der Waals surface area contributed by atoms with Crippen LogP contribution in [0.2, 0.25) is 0 Å². The molecule has 48 heavy (non-hydrogen) atoms. The zero-order chi connectivity index (χ0) is 32.7. The fraction of sp³-hybridized carbons (Fsp3) is 0.474. The first kappa shape index (κ1) is 30.0. The van der Waals surface area contributed by atoms with E-state index in [0.29, 0.717) is 36.9 Å². The maximum atomic E-state index is 16.9. The van der Waals surface area contributed by atoms with Gasteiger partial charge in [-0.05, 0) is 86.9 Å².